The lowest BCUT2D eigenvalue weighted by molar-refractivity contribution is 0.255. The van der Waals surface area contributed by atoms with E-state index in [2.05, 4.69) is 23.9 Å². The Hall–Kier alpha value is -1.19. The number of hydrogen-bond donors (Lipinski definition) is 2. The van der Waals surface area contributed by atoms with Crippen LogP contribution in [-0.2, 0) is 0 Å². The largest absolute Gasteiger partial charge is 0.508 e. The number of aromatic nitrogens is 1. The van der Waals surface area contributed by atoms with E-state index in [1.165, 1.54) is 29.5 Å². The molecule has 0 bridgehead atoms. The molecule has 19 heavy (non-hydrogen) atoms. The molecule has 0 saturated carbocycles. The van der Waals surface area contributed by atoms with E-state index in [0.29, 0.717) is 11.7 Å². The minimum Gasteiger partial charge on any atom is -0.508 e. The van der Waals surface area contributed by atoms with Crippen LogP contribution < -0.4 is 0 Å². The van der Waals surface area contributed by atoms with Crippen molar-refractivity contribution in [1.82, 2.24) is 9.88 Å². The molecule has 3 nitrogen and oxygen atoms in total. The summed E-state index contributed by atoms with van der Waals surface area (Å²) in [6, 6.07) is 5.61. The number of aryl methyl sites for hydroxylation is 1. The van der Waals surface area contributed by atoms with Crippen LogP contribution in [0.1, 0.15) is 30.0 Å². The number of aromatic hydroxyl groups is 1. The molecule has 2 N–H and O–H groups in total. The molecule has 0 unspecified atom stereocenters. The first-order valence-electron chi connectivity index (χ1n) is 6.65. The third kappa shape index (κ3) is 2.58. The number of piperidine rings is 1. The fraction of sp³-hybridized carbons (Fsp3) is 0.467. The summed E-state index contributed by atoms with van der Waals surface area (Å²) in [6.07, 6.45) is 2.42. The predicted molar refractivity (Wildman–Crippen MR) is 81.4 cm³/mol. The second-order valence-electron chi connectivity index (χ2n) is 5.47. The molecular formula is C15H21ClN2O. The molecule has 1 aliphatic heterocycles. The van der Waals surface area contributed by atoms with Gasteiger partial charge >= 0.3 is 0 Å². The molecule has 2 heterocycles. The van der Waals surface area contributed by atoms with Crippen LogP contribution in [0, 0.1) is 6.92 Å². The lowest BCUT2D eigenvalue weighted by Crippen LogP contribution is -2.29. The van der Waals surface area contributed by atoms with Crippen LogP contribution in [-0.4, -0.2) is 35.1 Å². The third-order valence-electron chi connectivity index (χ3n) is 4.15. The highest BCUT2D eigenvalue weighted by atomic mass is 35.5. The number of phenolic OH excluding ortho intramolecular Hbond substituents is 1. The van der Waals surface area contributed by atoms with Crippen molar-refractivity contribution in [2.45, 2.75) is 25.7 Å². The molecule has 0 radical (unpaired) electrons. The van der Waals surface area contributed by atoms with Gasteiger partial charge in [-0.15, -0.1) is 12.4 Å². The number of hydrogen-bond acceptors (Lipinski definition) is 2. The zero-order chi connectivity index (χ0) is 12.7. The standard InChI is InChI=1S/C15H20N2O.ClH/c1-10-15(11-5-7-17(2)8-6-11)13-9-12(18)3-4-14(13)16-10;/h3-4,9,11,16,18H,5-8H2,1-2H3;1H. The summed E-state index contributed by atoms with van der Waals surface area (Å²) < 4.78 is 0. The Balaban J connectivity index is 0.00000133. The fourth-order valence-electron chi connectivity index (χ4n) is 3.16. The van der Waals surface area contributed by atoms with Crippen LogP contribution in [0.25, 0.3) is 10.9 Å². The number of nitrogens with zero attached hydrogens (tertiary/aromatic N) is 1. The minimum atomic E-state index is 0. The maximum absolute atomic E-state index is 9.68. The van der Waals surface area contributed by atoms with Crippen molar-refractivity contribution in [3.8, 4) is 5.75 Å². The molecule has 0 aliphatic carbocycles. The second-order valence-corrected chi connectivity index (χ2v) is 5.47. The first kappa shape index (κ1) is 14.2. The van der Waals surface area contributed by atoms with E-state index >= 15 is 0 Å². The Morgan fingerprint density at radius 2 is 1.95 bits per heavy atom. The van der Waals surface area contributed by atoms with E-state index in [1.807, 2.05) is 12.1 Å². The van der Waals surface area contributed by atoms with E-state index in [9.17, 15) is 5.11 Å². The lowest BCUT2D eigenvalue weighted by atomic mass is 9.88. The van der Waals surface area contributed by atoms with Gasteiger partial charge in [-0.05, 0) is 69.6 Å². The SMILES string of the molecule is Cc1[nH]c2ccc(O)cc2c1C1CCN(C)CC1.Cl. The molecule has 4 heteroatoms. The lowest BCUT2D eigenvalue weighted by Gasteiger charge is -2.29. The van der Waals surface area contributed by atoms with Crippen LogP contribution in [0.4, 0.5) is 0 Å². The monoisotopic (exact) mass is 280 g/mol. The van der Waals surface area contributed by atoms with Crippen molar-refractivity contribution in [2.75, 3.05) is 20.1 Å². The molecule has 1 aromatic carbocycles. The number of likely N-dealkylation sites (tertiary alicyclic amines) is 1. The summed E-state index contributed by atoms with van der Waals surface area (Å²) in [5, 5.41) is 10.9. The van der Waals surface area contributed by atoms with Gasteiger partial charge in [0, 0.05) is 16.6 Å². The number of benzene rings is 1. The molecule has 1 aromatic heterocycles. The number of phenols is 1. The summed E-state index contributed by atoms with van der Waals surface area (Å²) in [5.74, 6) is 0.979. The summed E-state index contributed by atoms with van der Waals surface area (Å²) >= 11 is 0. The van der Waals surface area contributed by atoms with Crippen LogP contribution in [0.15, 0.2) is 18.2 Å². The first-order chi connectivity index (χ1) is 8.65. The Morgan fingerprint density at radius 1 is 1.26 bits per heavy atom. The highest BCUT2D eigenvalue weighted by Gasteiger charge is 2.23. The molecule has 0 atom stereocenters. The molecule has 1 fully saturated rings. The highest BCUT2D eigenvalue weighted by Crippen LogP contribution is 2.36. The van der Waals surface area contributed by atoms with E-state index in [0.717, 1.165) is 18.6 Å². The van der Waals surface area contributed by atoms with Gasteiger partial charge in [0.15, 0.2) is 0 Å². The zero-order valence-electron chi connectivity index (χ0n) is 11.4. The van der Waals surface area contributed by atoms with Crippen molar-refractivity contribution < 1.29 is 5.11 Å². The number of halogens is 1. The summed E-state index contributed by atoms with van der Waals surface area (Å²) in [5.41, 5.74) is 3.80. The Kier molecular flexibility index (Phi) is 4.07. The van der Waals surface area contributed by atoms with E-state index in [4.69, 9.17) is 0 Å². The number of rotatable bonds is 1. The van der Waals surface area contributed by atoms with Crippen molar-refractivity contribution >= 4 is 23.3 Å². The quantitative estimate of drug-likeness (QED) is 0.840. The number of fused-ring (bicyclic) bond motifs is 1. The van der Waals surface area contributed by atoms with Gasteiger partial charge < -0.3 is 15.0 Å². The molecular weight excluding hydrogens is 260 g/mol. The zero-order valence-corrected chi connectivity index (χ0v) is 12.3. The molecule has 104 valence electrons. The third-order valence-corrected chi connectivity index (χ3v) is 4.15. The van der Waals surface area contributed by atoms with Crippen molar-refractivity contribution in [1.29, 1.82) is 0 Å². The Morgan fingerprint density at radius 3 is 2.63 bits per heavy atom. The highest BCUT2D eigenvalue weighted by molar-refractivity contribution is 5.86. The van der Waals surface area contributed by atoms with Gasteiger partial charge in [-0.3, -0.25) is 0 Å². The normalized spacial score (nSPS) is 17.6. The van der Waals surface area contributed by atoms with Gasteiger partial charge in [-0.25, -0.2) is 0 Å². The van der Waals surface area contributed by atoms with Gasteiger partial charge in [0.1, 0.15) is 5.75 Å². The second kappa shape index (κ2) is 5.43. The average molecular weight is 281 g/mol. The number of aromatic amines is 1. The van der Waals surface area contributed by atoms with Crippen LogP contribution in [0.2, 0.25) is 0 Å². The predicted octanol–water partition coefficient (Wildman–Crippen LogP) is 3.41. The fourth-order valence-corrected chi connectivity index (χ4v) is 3.16. The summed E-state index contributed by atoms with van der Waals surface area (Å²) in [6.45, 7) is 4.47. The molecule has 1 saturated heterocycles. The average Bonchev–Trinajstić information content (AvgIpc) is 2.66. The summed E-state index contributed by atoms with van der Waals surface area (Å²) in [4.78, 5) is 5.83. The number of nitrogens with one attached hydrogen (secondary N) is 1. The van der Waals surface area contributed by atoms with Crippen LogP contribution in [0.3, 0.4) is 0 Å². The molecule has 3 rings (SSSR count). The van der Waals surface area contributed by atoms with Crippen LogP contribution in [0.5, 0.6) is 5.75 Å². The smallest absolute Gasteiger partial charge is 0.116 e. The van der Waals surface area contributed by atoms with Crippen molar-refractivity contribution in [3.05, 3.63) is 29.5 Å². The Bertz CT molecular complexity index is 571. The van der Waals surface area contributed by atoms with Gasteiger partial charge in [0.2, 0.25) is 0 Å². The van der Waals surface area contributed by atoms with Crippen LogP contribution >= 0.6 is 12.4 Å². The van der Waals surface area contributed by atoms with E-state index in [-0.39, 0.29) is 12.4 Å². The maximum Gasteiger partial charge on any atom is 0.116 e. The van der Waals surface area contributed by atoms with Gasteiger partial charge in [0.05, 0.1) is 0 Å². The Labute approximate surface area is 120 Å². The van der Waals surface area contributed by atoms with Gasteiger partial charge in [-0.2, -0.15) is 0 Å². The molecule has 2 aromatic rings. The van der Waals surface area contributed by atoms with E-state index < -0.39 is 0 Å². The minimum absolute atomic E-state index is 0. The molecule has 0 amide bonds. The molecule has 1 aliphatic rings. The van der Waals surface area contributed by atoms with Gasteiger partial charge in [0.25, 0.3) is 0 Å². The van der Waals surface area contributed by atoms with Crippen molar-refractivity contribution in [2.24, 2.45) is 0 Å². The summed E-state index contributed by atoms with van der Waals surface area (Å²) in [7, 11) is 2.18. The van der Waals surface area contributed by atoms with E-state index in [1.54, 1.807) is 6.07 Å². The topological polar surface area (TPSA) is 39.3 Å². The first-order valence-corrected chi connectivity index (χ1v) is 6.65. The number of H-pyrrole nitrogens is 1. The molecule has 0 spiro atoms. The maximum atomic E-state index is 9.68. The van der Waals surface area contributed by atoms with Crippen molar-refractivity contribution in [3.63, 3.8) is 0 Å². The van der Waals surface area contributed by atoms with Gasteiger partial charge in [-0.1, -0.05) is 0 Å².